The van der Waals surface area contributed by atoms with Gasteiger partial charge in [0.25, 0.3) is 5.70 Å². The molecule has 0 radical (unpaired) electrons. The van der Waals surface area contributed by atoms with Gasteiger partial charge in [-0.15, -0.1) is 11.3 Å². The van der Waals surface area contributed by atoms with Gasteiger partial charge in [0, 0.05) is 82.3 Å². The molecule has 0 bridgehead atoms. The number of fused-ring (bicyclic) bond motifs is 3. The predicted octanol–water partition coefficient (Wildman–Crippen LogP) is 10.6. The van der Waals surface area contributed by atoms with Crippen molar-refractivity contribution in [2.24, 2.45) is 7.05 Å². The quantitative estimate of drug-likeness (QED) is 0.0723. The number of ketones is 5. The molecule has 4 heterocycles. The highest BCUT2D eigenvalue weighted by atomic mass is 32.1. The van der Waals surface area contributed by atoms with Crippen LogP contribution in [0.3, 0.4) is 0 Å². The Morgan fingerprint density at radius 3 is 2.00 bits per heavy atom. The molecular weight excluding hydrogens is 885 g/mol. The Balaban J connectivity index is 0.838. The van der Waals surface area contributed by atoms with Crippen molar-refractivity contribution in [2.75, 3.05) is 0 Å². The van der Waals surface area contributed by atoms with E-state index in [2.05, 4.69) is 6.07 Å². The zero-order valence-corrected chi connectivity index (χ0v) is 41.3. The fourth-order valence-electron chi connectivity index (χ4n) is 10.1. The van der Waals surface area contributed by atoms with Crippen molar-refractivity contribution >= 4 is 72.5 Å². The van der Waals surface area contributed by atoms with E-state index in [9.17, 15) is 28.9 Å². The number of carbonyl (C=O) groups excluding carboxylic acids is 5. The van der Waals surface area contributed by atoms with Crippen LogP contribution in [0.4, 0.5) is 0 Å². The van der Waals surface area contributed by atoms with E-state index in [1.54, 1.807) is 66.1 Å². The SMILES string of the molecule is CC1=C(C)C(=O)C(CCn2cnc3c(CC4=C(C)C(=O)C(C)=C(CCCc5nc6ccc(CC7=C(C)C(=O)C(CCCc8nc9ccccc9s8)=C(C)C7=O)cc6n5C)[N+]4=O)cccc32)=C(C)C1=O. The summed E-state index contributed by atoms with van der Waals surface area (Å²) >= 11 is 1.67. The van der Waals surface area contributed by atoms with Crippen molar-refractivity contribution < 1.29 is 28.7 Å². The number of aryl methyl sites for hydroxylation is 4. The van der Waals surface area contributed by atoms with Crippen molar-refractivity contribution in [1.82, 2.24) is 24.1 Å². The van der Waals surface area contributed by atoms with Gasteiger partial charge in [-0.2, -0.15) is 0 Å². The average molecular weight is 940 g/mol. The summed E-state index contributed by atoms with van der Waals surface area (Å²) in [7, 11) is 1.95. The molecule has 3 aromatic carbocycles. The van der Waals surface area contributed by atoms with E-state index in [0.29, 0.717) is 118 Å². The molecule has 0 spiro atoms. The van der Waals surface area contributed by atoms with Crippen molar-refractivity contribution in [3.63, 3.8) is 0 Å². The molecule has 12 nitrogen and oxygen atoms in total. The predicted molar refractivity (Wildman–Crippen MR) is 269 cm³/mol. The van der Waals surface area contributed by atoms with Gasteiger partial charge < -0.3 is 9.13 Å². The normalized spacial score (nSPS) is 16.5. The molecule has 0 N–H and O–H groups in total. The maximum absolute atomic E-state index is 14.2. The third-order valence-electron chi connectivity index (χ3n) is 14.6. The third-order valence-corrected chi connectivity index (χ3v) is 15.7. The first kappa shape index (κ1) is 47.0. The van der Waals surface area contributed by atoms with E-state index in [0.717, 1.165) is 66.3 Å². The highest BCUT2D eigenvalue weighted by Gasteiger charge is 2.38. The van der Waals surface area contributed by atoms with E-state index in [1.807, 2.05) is 70.8 Å². The molecule has 0 saturated carbocycles. The Bertz CT molecular complexity index is 3450. The summed E-state index contributed by atoms with van der Waals surface area (Å²) in [6.45, 7) is 12.5. The molecule has 9 rings (SSSR count). The van der Waals surface area contributed by atoms with Crippen molar-refractivity contribution in [3.05, 3.63) is 161 Å². The molecule has 13 heteroatoms. The van der Waals surface area contributed by atoms with Crippen LogP contribution in [-0.4, -0.2) is 57.8 Å². The lowest BCUT2D eigenvalue weighted by Gasteiger charge is -2.21. The second kappa shape index (κ2) is 18.8. The third kappa shape index (κ3) is 8.58. The zero-order chi connectivity index (χ0) is 49.0. The van der Waals surface area contributed by atoms with Gasteiger partial charge in [0.15, 0.2) is 28.9 Å². The van der Waals surface area contributed by atoms with Gasteiger partial charge in [0.05, 0.1) is 65.9 Å². The van der Waals surface area contributed by atoms with Gasteiger partial charge >= 0.3 is 0 Å². The summed E-state index contributed by atoms with van der Waals surface area (Å²) in [4.78, 5) is 95.6. The van der Waals surface area contributed by atoms with Crippen molar-refractivity contribution in [1.29, 1.82) is 0 Å². The minimum Gasteiger partial charge on any atom is -0.331 e. The number of allylic oxidation sites excluding steroid dienone is 12. The first-order valence-corrected chi connectivity index (χ1v) is 24.4. The Hall–Kier alpha value is -7.12. The molecule has 0 fully saturated rings. The van der Waals surface area contributed by atoms with Crippen LogP contribution in [0.2, 0.25) is 0 Å². The molecule has 2 aliphatic carbocycles. The number of para-hydroxylation sites is 2. The molecule has 0 saturated heterocycles. The van der Waals surface area contributed by atoms with Crippen LogP contribution in [0.5, 0.6) is 0 Å². The molecule has 1 aliphatic heterocycles. The number of nitroso groups, excluding NO2 is 1. The molecule has 0 amide bonds. The Labute approximate surface area is 404 Å². The van der Waals surface area contributed by atoms with Crippen LogP contribution < -0.4 is 0 Å². The summed E-state index contributed by atoms with van der Waals surface area (Å²) < 4.78 is 6.06. The molecule has 350 valence electrons. The highest BCUT2D eigenvalue weighted by molar-refractivity contribution is 7.18. The van der Waals surface area contributed by atoms with Crippen molar-refractivity contribution in [2.45, 2.75) is 113 Å². The van der Waals surface area contributed by atoms with Gasteiger partial charge in [0.1, 0.15) is 5.82 Å². The summed E-state index contributed by atoms with van der Waals surface area (Å²) in [5.74, 6) is 0.347. The van der Waals surface area contributed by atoms with E-state index >= 15 is 0 Å². The number of imidazole rings is 2. The molecular formula is C56H55N6O6S+. The second-order valence-corrected chi connectivity index (χ2v) is 19.8. The summed E-state index contributed by atoms with van der Waals surface area (Å²) in [6.07, 6.45) is 6.14. The smallest absolute Gasteiger partial charge is 0.251 e. The maximum atomic E-state index is 14.2. The molecule has 0 unspecified atom stereocenters. The second-order valence-electron chi connectivity index (χ2n) is 18.7. The number of hydrogen-bond donors (Lipinski definition) is 0. The minimum absolute atomic E-state index is 0.0578. The minimum atomic E-state index is -0.152. The van der Waals surface area contributed by atoms with Gasteiger partial charge in [0.2, 0.25) is 5.70 Å². The van der Waals surface area contributed by atoms with Crippen LogP contribution in [0.15, 0.2) is 134 Å². The zero-order valence-electron chi connectivity index (χ0n) is 40.5. The topological polar surface area (TPSA) is 154 Å². The van der Waals surface area contributed by atoms with E-state index < -0.39 is 0 Å². The fraction of sp³-hybridized carbons (Fsp3) is 0.321. The average Bonchev–Trinajstić information content (AvgIpc) is 4.06. The Morgan fingerprint density at radius 2 is 1.22 bits per heavy atom. The van der Waals surface area contributed by atoms with Gasteiger partial charge in [-0.05, 0) is 122 Å². The van der Waals surface area contributed by atoms with E-state index in [1.165, 1.54) is 0 Å². The van der Waals surface area contributed by atoms with Crippen LogP contribution in [0.1, 0.15) is 103 Å². The van der Waals surface area contributed by atoms with Gasteiger partial charge in [-0.25, -0.2) is 15.0 Å². The van der Waals surface area contributed by atoms with Crippen LogP contribution in [0, 0.1) is 4.91 Å². The number of nitrogens with zero attached hydrogens (tertiary/aromatic N) is 6. The number of benzene rings is 3. The van der Waals surface area contributed by atoms with E-state index in [4.69, 9.17) is 15.0 Å². The molecule has 3 aromatic heterocycles. The molecule has 3 aliphatic rings. The number of rotatable bonds is 15. The Morgan fingerprint density at radius 1 is 0.565 bits per heavy atom. The maximum Gasteiger partial charge on any atom is 0.251 e. The van der Waals surface area contributed by atoms with Crippen LogP contribution >= 0.6 is 11.3 Å². The number of aromatic nitrogens is 5. The highest BCUT2D eigenvalue weighted by Crippen LogP contribution is 2.34. The van der Waals surface area contributed by atoms with E-state index in [-0.39, 0.29) is 35.3 Å². The summed E-state index contributed by atoms with van der Waals surface area (Å²) in [6, 6.07) is 19.8. The molecule has 69 heavy (non-hydrogen) atoms. The van der Waals surface area contributed by atoms with Crippen LogP contribution in [0.25, 0.3) is 32.3 Å². The number of thiazole rings is 1. The number of Topliss-reactive ketones (excluding diaryl/α,β-unsaturated/α-hetero) is 5. The largest absolute Gasteiger partial charge is 0.331 e. The fourth-order valence-corrected chi connectivity index (χ4v) is 11.1. The lowest BCUT2D eigenvalue weighted by Crippen LogP contribution is -2.24. The van der Waals surface area contributed by atoms with Gasteiger partial charge in [-0.3, -0.25) is 24.0 Å². The summed E-state index contributed by atoms with van der Waals surface area (Å²) in [5, 5.41) is 1.03. The number of carbonyl (C=O) groups is 5. The van der Waals surface area contributed by atoms with Crippen molar-refractivity contribution in [3.8, 4) is 0 Å². The first-order chi connectivity index (χ1) is 33.0. The lowest BCUT2D eigenvalue weighted by atomic mass is 9.81. The Kier molecular flexibility index (Phi) is 12.8. The first-order valence-electron chi connectivity index (χ1n) is 23.6. The van der Waals surface area contributed by atoms with Gasteiger partial charge in [-0.1, -0.05) is 30.3 Å². The monoisotopic (exact) mass is 939 g/mol. The molecule has 6 aromatic rings. The molecule has 0 atom stereocenters. The lowest BCUT2D eigenvalue weighted by molar-refractivity contribution is -0.453. The standard InChI is InChI=1S/C56H55N6O6S/c1-30-31(2)54(65)40(32(3)52(30)63)24-25-61-29-57-51-38(14-11-18-45(51)61)28-46-36(7)53(64)35(6)44(62(46)68)17-13-20-49-58-42-23-22-37(27-47(42)60(49)8)26-41-34(5)55(66)39(33(4)56(41)67)15-12-21-50-59-43-16-9-10-19-48(43)69-50/h9-11,14,16,18-19,22-23,27,29H,12-13,15,17,20-21,24-26,28H2,1-8H3/q+1. The summed E-state index contributed by atoms with van der Waals surface area (Å²) in [5.41, 5.74) is 11.7. The van der Waals surface area contributed by atoms with Crippen LogP contribution in [-0.2, 0) is 63.2 Å². The number of hydrogen-bond acceptors (Lipinski definition) is 10.